The summed E-state index contributed by atoms with van der Waals surface area (Å²) < 4.78 is 1.54. The van der Waals surface area contributed by atoms with Gasteiger partial charge < -0.3 is 0 Å². The van der Waals surface area contributed by atoms with Crippen LogP contribution in [0.15, 0.2) is 6.07 Å². The number of rotatable bonds is 6. The Labute approximate surface area is 97.8 Å². The molecule has 3 heteroatoms. The Kier molecular flexibility index (Phi) is 5.23. The number of carbonyl (C=O) groups excluding carboxylic acids is 1. The van der Waals surface area contributed by atoms with E-state index in [1.165, 1.54) is 23.9 Å². The number of aryl methyl sites for hydroxylation is 2. The Morgan fingerprint density at radius 1 is 1.25 bits per heavy atom. The van der Waals surface area contributed by atoms with Crippen molar-refractivity contribution in [2.45, 2.75) is 59.3 Å². The predicted molar refractivity (Wildman–Crippen MR) is 65.7 cm³/mol. The smallest absolute Gasteiger partial charge is 0.247 e. The third kappa shape index (κ3) is 3.80. The van der Waals surface area contributed by atoms with E-state index < -0.39 is 0 Å². The molecular formula is C13H22N2O. The number of unbranched alkanes of at least 4 members (excludes halogenated alkanes) is 4. The van der Waals surface area contributed by atoms with Crippen LogP contribution < -0.4 is 0 Å². The van der Waals surface area contributed by atoms with Crippen LogP contribution in [0.25, 0.3) is 0 Å². The van der Waals surface area contributed by atoms with E-state index in [4.69, 9.17) is 0 Å². The van der Waals surface area contributed by atoms with Crippen LogP contribution in [0.4, 0.5) is 0 Å². The average Bonchev–Trinajstić information content (AvgIpc) is 2.57. The standard InChI is InChI=1S/C13H22N2O/c1-4-5-6-7-8-9-13(16)15-12(3)10-11(2)14-15/h10H,4-9H2,1-3H3. The highest BCUT2D eigenvalue weighted by atomic mass is 16.2. The zero-order valence-corrected chi connectivity index (χ0v) is 10.6. The van der Waals surface area contributed by atoms with E-state index >= 15 is 0 Å². The number of aromatic nitrogens is 2. The van der Waals surface area contributed by atoms with Crippen molar-refractivity contribution >= 4 is 5.91 Å². The van der Waals surface area contributed by atoms with Crippen molar-refractivity contribution in [2.75, 3.05) is 0 Å². The Morgan fingerprint density at radius 3 is 2.50 bits per heavy atom. The first-order chi connectivity index (χ1) is 7.65. The Morgan fingerprint density at radius 2 is 1.94 bits per heavy atom. The van der Waals surface area contributed by atoms with Gasteiger partial charge in [0.05, 0.1) is 5.69 Å². The van der Waals surface area contributed by atoms with Crippen LogP contribution in [-0.2, 0) is 0 Å². The highest BCUT2D eigenvalue weighted by Crippen LogP contribution is 2.08. The van der Waals surface area contributed by atoms with Gasteiger partial charge in [-0.25, -0.2) is 4.68 Å². The topological polar surface area (TPSA) is 34.9 Å². The molecule has 0 spiro atoms. The van der Waals surface area contributed by atoms with Gasteiger partial charge in [-0.2, -0.15) is 5.10 Å². The number of carbonyl (C=O) groups is 1. The molecule has 1 aromatic heterocycles. The first kappa shape index (κ1) is 12.9. The fraction of sp³-hybridized carbons (Fsp3) is 0.692. The Bertz CT molecular complexity index is 342. The molecular weight excluding hydrogens is 200 g/mol. The lowest BCUT2D eigenvalue weighted by molar-refractivity contribution is 0.0880. The Balaban J connectivity index is 2.33. The van der Waals surface area contributed by atoms with Crippen LogP contribution in [0.1, 0.15) is 61.6 Å². The van der Waals surface area contributed by atoms with E-state index in [0.717, 1.165) is 24.2 Å². The van der Waals surface area contributed by atoms with Crippen molar-refractivity contribution in [3.8, 4) is 0 Å². The number of hydrogen-bond acceptors (Lipinski definition) is 2. The highest BCUT2D eigenvalue weighted by molar-refractivity contribution is 5.78. The van der Waals surface area contributed by atoms with Gasteiger partial charge in [0.2, 0.25) is 5.91 Å². The molecule has 16 heavy (non-hydrogen) atoms. The van der Waals surface area contributed by atoms with Gasteiger partial charge in [0, 0.05) is 12.1 Å². The summed E-state index contributed by atoms with van der Waals surface area (Å²) in [5.41, 5.74) is 1.85. The van der Waals surface area contributed by atoms with Crippen LogP contribution in [0.2, 0.25) is 0 Å². The fourth-order valence-electron chi connectivity index (χ4n) is 1.87. The second-order valence-electron chi connectivity index (χ2n) is 4.40. The van der Waals surface area contributed by atoms with E-state index in [0.29, 0.717) is 6.42 Å². The minimum atomic E-state index is 0.127. The third-order valence-corrected chi connectivity index (χ3v) is 2.74. The summed E-state index contributed by atoms with van der Waals surface area (Å²) in [6.07, 6.45) is 6.50. The maximum atomic E-state index is 11.8. The molecule has 0 saturated carbocycles. The van der Waals surface area contributed by atoms with Crippen molar-refractivity contribution in [3.63, 3.8) is 0 Å². The van der Waals surface area contributed by atoms with E-state index in [1.54, 1.807) is 0 Å². The van der Waals surface area contributed by atoms with Gasteiger partial charge >= 0.3 is 0 Å². The largest absolute Gasteiger partial charge is 0.273 e. The number of hydrogen-bond donors (Lipinski definition) is 0. The van der Waals surface area contributed by atoms with Crippen molar-refractivity contribution in [1.29, 1.82) is 0 Å². The van der Waals surface area contributed by atoms with Crippen LogP contribution in [0.5, 0.6) is 0 Å². The molecule has 0 aliphatic heterocycles. The van der Waals surface area contributed by atoms with Gasteiger partial charge in [-0.05, 0) is 26.3 Å². The molecule has 0 aliphatic rings. The minimum Gasteiger partial charge on any atom is -0.273 e. The molecule has 0 atom stereocenters. The second-order valence-corrected chi connectivity index (χ2v) is 4.40. The van der Waals surface area contributed by atoms with Crippen molar-refractivity contribution in [1.82, 2.24) is 9.78 Å². The van der Waals surface area contributed by atoms with Gasteiger partial charge in [0.25, 0.3) is 0 Å². The fourth-order valence-corrected chi connectivity index (χ4v) is 1.87. The summed E-state index contributed by atoms with van der Waals surface area (Å²) >= 11 is 0. The molecule has 0 unspecified atom stereocenters. The molecule has 1 heterocycles. The predicted octanol–water partition coefficient (Wildman–Crippen LogP) is 3.50. The van der Waals surface area contributed by atoms with Gasteiger partial charge in [-0.15, -0.1) is 0 Å². The lowest BCUT2D eigenvalue weighted by Crippen LogP contribution is -2.13. The molecule has 90 valence electrons. The number of nitrogens with zero attached hydrogens (tertiary/aromatic N) is 2. The molecule has 3 nitrogen and oxygen atoms in total. The Hall–Kier alpha value is -1.12. The van der Waals surface area contributed by atoms with Crippen LogP contribution in [0.3, 0.4) is 0 Å². The molecule has 0 aromatic carbocycles. The van der Waals surface area contributed by atoms with E-state index in [9.17, 15) is 4.79 Å². The summed E-state index contributed by atoms with van der Waals surface area (Å²) in [6, 6.07) is 1.94. The van der Waals surface area contributed by atoms with Crippen molar-refractivity contribution < 1.29 is 4.79 Å². The SMILES string of the molecule is CCCCCCCC(=O)n1nc(C)cc1C. The quantitative estimate of drug-likeness (QED) is 0.690. The lowest BCUT2D eigenvalue weighted by atomic mass is 10.1. The van der Waals surface area contributed by atoms with Crippen LogP contribution in [-0.4, -0.2) is 15.7 Å². The van der Waals surface area contributed by atoms with E-state index in [-0.39, 0.29) is 5.91 Å². The second kappa shape index (κ2) is 6.46. The molecule has 0 saturated heterocycles. The third-order valence-electron chi connectivity index (χ3n) is 2.74. The van der Waals surface area contributed by atoms with Crippen molar-refractivity contribution in [2.24, 2.45) is 0 Å². The summed E-state index contributed by atoms with van der Waals surface area (Å²) in [7, 11) is 0. The molecule has 1 aromatic rings. The molecule has 1 rings (SSSR count). The first-order valence-electron chi connectivity index (χ1n) is 6.21. The van der Waals surface area contributed by atoms with Crippen LogP contribution >= 0.6 is 0 Å². The zero-order valence-electron chi connectivity index (χ0n) is 10.6. The maximum absolute atomic E-state index is 11.8. The normalized spacial score (nSPS) is 10.7. The van der Waals surface area contributed by atoms with E-state index in [2.05, 4.69) is 12.0 Å². The van der Waals surface area contributed by atoms with Gasteiger partial charge in [-0.3, -0.25) is 4.79 Å². The van der Waals surface area contributed by atoms with Crippen LogP contribution in [0, 0.1) is 13.8 Å². The summed E-state index contributed by atoms with van der Waals surface area (Å²) in [5.74, 6) is 0.127. The molecule has 0 fully saturated rings. The van der Waals surface area contributed by atoms with Gasteiger partial charge in [0.1, 0.15) is 0 Å². The molecule has 0 bridgehead atoms. The summed E-state index contributed by atoms with van der Waals surface area (Å²) in [6.45, 7) is 6.04. The molecule has 0 radical (unpaired) electrons. The minimum absolute atomic E-state index is 0.127. The van der Waals surface area contributed by atoms with Crippen molar-refractivity contribution in [3.05, 3.63) is 17.5 Å². The maximum Gasteiger partial charge on any atom is 0.247 e. The first-order valence-corrected chi connectivity index (χ1v) is 6.21. The zero-order chi connectivity index (χ0) is 12.0. The summed E-state index contributed by atoms with van der Waals surface area (Å²) in [5, 5.41) is 4.19. The molecule has 0 aliphatic carbocycles. The van der Waals surface area contributed by atoms with E-state index in [1.807, 2.05) is 19.9 Å². The molecule has 0 amide bonds. The average molecular weight is 222 g/mol. The monoisotopic (exact) mass is 222 g/mol. The lowest BCUT2D eigenvalue weighted by Gasteiger charge is -2.02. The summed E-state index contributed by atoms with van der Waals surface area (Å²) in [4.78, 5) is 11.8. The van der Waals surface area contributed by atoms with Gasteiger partial charge in [0.15, 0.2) is 0 Å². The van der Waals surface area contributed by atoms with Gasteiger partial charge in [-0.1, -0.05) is 32.6 Å². The highest BCUT2D eigenvalue weighted by Gasteiger charge is 2.09. The molecule has 0 N–H and O–H groups in total.